The summed E-state index contributed by atoms with van der Waals surface area (Å²) in [6.45, 7) is 9.78. The molecule has 2 heterocycles. The van der Waals surface area contributed by atoms with Gasteiger partial charge in [-0.15, -0.1) is 0 Å². The number of aromatic nitrogens is 1. The van der Waals surface area contributed by atoms with E-state index >= 15 is 0 Å². The van der Waals surface area contributed by atoms with Crippen LogP contribution in [0.5, 0.6) is 0 Å². The number of hydrogen-bond donors (Lipinski definition) is 5. The number of amidine groups is 1. The minimum absolute atomic E-state index is 0.0384. The number of alkyl carbamates (subject to hydrolysis) is 1. The van der Waals surface area contributed by atoms with Gasteiger partial charge in [0, 0.05) is 6.42 Å². The molecule has 0 aromatic carbocycles. The van der Waals surface area contributed by atoms with Crippen LogP contribution in [0.25, 0.3) is 0 Å². The molecular formula is C31H46N6O8. The van der Waals surface area contributed by atoms with E-state index in [4.69, 9.17) is 30.1 Å². The van der Waals surface area contributed by atoms with Gasteiger partial charge in [-0.3, -0.25) is 10.2 Å². The molecule has 0 bridgehead atoms. The highest BCUT2D eigenvalue weighted by Gasteiger charge is 2.59. The van der Waals surface area contributed by atoms with Gasteiger partial charge in [0.2, 0.25) is 5.60 Å². The molecule has 14 nitrogen and oxygen atoms in total. The molecule has 248 valence electrons. The molecule has 6 N–H and O–H groups in total. The number of rotatable bonds is 10. The minimum atomic E-state index is -2.06. The van der Waals surface area contributed by atoms with E-state index in [1.807, 2.05) is 6.07 Å². The van der Waals surface area contributed by atoms with Crippen molar-refractivity contribution >= 4 is 30.2 Å². The first-order chi connectivity index (χ1) is 21.0. The quantitative estimate of drug-likeness (QED) is 0.110. The fraction of sp³-hybridized carbons (Fsp3) is 0.677. The zero-order chi connectivity index (χ0) is 33.6. The monoisotopic (exact) mass is 630 g/mol. The predicted molar refractivity (Wildman–Crippen MR) is 163 cm³/mol. The summed E-state index contributed by atoms with van der Waals surface area (Å²) in [6, 6.07) is 3.82. The van der Waals surface area contributed by atoms with Crippen molar-refractivity contribution in [1.82, 2.24) is 10.3 Å². The number of ether oxygens (including phenoxy) is 4. The predicted octanol–water partition coefficient (Wildman–Crippen LogP) is 3.17. The first-order valence-corrected chi connectivity index (χ1v) is 15.2. The zero-order valence-electron chi connectivity index (χ0n) is 26.8. The van der Waals surface area contributed by atoms with Gasteiger partial charge in [0.1, 0.15) is 48.7 Å². The fourth-order valence-corrected chi connectivity index (χ4v) is 5.48. The third-order valence-corrected chi connectivity index (χ3v) is 7.76. The number of aliphatic imine (C=N–C) groups is 1. The normalized spacial score (nSPS) is 25.1. The molecule has 14 heteroatoms. The molecule has 1 saturated heterocycles. The Hall–Kier alpha value is -3.96. The molecule has 2 fully saturated rings. The van der Waals surface area contributed by atoms with E-state index in [2.05, 4.69) is 15.3 Å². The van der Waals surface area contributed by atoms with E-state index in [0.717, 1.165) is 38.4 Å². The molecule has 1 aliphatic carbocycles. The van der Waals surface area contributed by atoms with Crippen LogP contribution in [-0.4, -0.2) is 76.9 Å². The smallest absolute Gasteiger partial charge is 0.408 e. The molecule has 45 heavy (non-hydrogen) atoms. The molecule has 2 aliphatic rings. The summed E-state index contributed by atoms with van der Waals surface area (Å²) in [5.41, 5.74) is 2.59. The average molecular weight is 631 g/mol. The standard InChI is InChI=1S/C31H46N6O8/c1-29(2,3)24(37-28(41)45-30(4,5)6)27(40)42-15-20-23(43-22(38)14-18-10-8-7-9-11-18)25(39)31(16-32,44-20)21-13-12-19(36-21)26(34)35-17-33/h12-13,17-18,20,23-25,36,39H,7-11,14-15H2,1-6H3,(H,37,41)(H3,33,34,35)/t20-,23-,24+,25-,31+/m1/s1. The summed E-state index contributed by atoms with van der Waals surface area (Å²) in [7, 11) is 0. The van der Waals surface area contributed by atoms with E-state index in [0.29, 0.717) is 0 Å². The fourth-order valence-electron chi connectivity index (χ4n) is 5.48. The van der Waals surface area contributed by atoms with Crippen LogP contribution < -0.4 is 11.1 Å². The van der Waals surface area contributed by atoms with Crippen molar-refractivity contribution in [1.29, 1.82) is 10.7 Å². The molecule has 5 atom stereocenters. The number of carbonyl (C=O) groups is 3. The number of nitrogens with two attached hydrogens (primary N) is 1. The van der Waals surface area contributed by atoms with Crippen LogP contribution in [0.4, 0.5) is 4.79 Å². The first kappa shape index (κ1) is 35.5. The topological polar surface area (TPSA) is 222 Å². The molecule has 1 aromatic heterocycles. The number of aromatic amines is 1. The highest BCUT2D eigenvalue weighted by molar-refractivity contribution is 5.99. The van der Waals surface area contributed by atoms with Gasteiger partial charge in [0.15, 0.2) is 6.10 Å². The number of nitriles is 1. The molecule has 3 rings (SSSR count). The lowest BCUT2D eigenvalue weighted by atomic mass is 9.87. The maximum absolute atomic E-state index is 13.3. The Morgan fingerprint density at radius 3 is 2.49 bits per heavy atom. The molecule has 0 spiro atoms. The number of hydrogen-bond acceptors (Lipinski definition) is 10. The lowest BCUT2D eigenvalue weighted by Gasteiger charge is -2.31. The summed E-state index contributed by atoms with van der Waals surface area (Å²) >= 11 is 0. The van der Waals surface area contributed by atoms with E-state index in [9.17, 15) is 24.8 Å². The second-order valence-corrected chi connectivity index (χ2v) is 13.6. The van der Waals surface area contributed by atoms with Gasteiger partial charge < -0.3 is 40.1 Å². The Kier molecular flexibility index (Phi) is 11.4. The molecule has 1 aliphatic heterocycles. The summed E-state index contributed by atoms with van der Waals surface area (Å²) in [6.07, 6.45) is 0.728. The highest BCUT2D eigenvalue weighted by atomic mass is 16.6. The van der Waals surface area contributed by atoms with E-state index in [1.54, 1.807) is 41.5 Å². The van der Waals surface area contributed by atoms with Gasteiger partial charge in [-0.05, 0) is 57.1 Å². The summed E-state index contributed by atoms with van der Waals surface area (Å²) in [4.78, 5) is 45.5. The number of H-pyrrole nitrogens is 1. The van der Waals surface area contributed by atoms with Gasteiger partial charge >= 0.3 is 18.0 Å². The number of amides is 1. The lowest BCUT2D eigenvalue weighted by molar-refractivity contribution is -0.163. The molecule has 0 radical (unpaired) electrons. The van der Waals surface area contributed by atoms with Crippen molar-refractivity contribution < 1.29 is 38.4 Å². The van der Waals surface area contributed by atoms with Crippen LogP contribution in [0, 0.1) is 28.1 Å². The van der Waals surface area contributed by atoms with Crippen LogP contribution >= 0.6 is 0 Å². The Morgan fingerprint density at radius 1 is 1.24 bits per heavy atom. The number of esters is 2. The minimum Gasteiger partial charge on any atom is -0.461 e. The third-order valence-electron chi connectivity index (χ3n) is 7.76. The van der Waals surface area contributed by atoms with Gasteiger partial charge in [-0.2, -0.15) is 5.26 Å². The average Bonchev–Trinajstić information content (AvgIpc) is 3.54. The largest absolute Gasteiger partial charge is 0.461 e. The molecular weight excluding hydrogens is 584 g/mol. The maximum Gasteiger partial charge on any atom is 0.408 e. The van der Waals surface area contributed by atoms with Gasteiger partial charge in [0.05, 0.1) is 11.4 Å². The number of aliphatic hydroxyl groups is 1. The van der Waals surface area contributed by atoms with Crippen molar-refractivity contribution in [3.05, 3.63) is 23.5 Å². The van der Waals surface area contributed by atoms with Gasteiger partial charge in [-0.1, -0.05) is 40.0 Å². The van der Waals surface area contributed by atoms with Crippen molar-refractivity contribution in [3.63, 3.8) is 0 Å². The summed E-state index contributed by atoms with van der Waals surface area (Å²) in [5, 5.41) is 31.5. The number of nitrogens with one attached hydrogen (secondary N) is 3. The molecule has 1 amide bonds. The highest BCUT2D eigenvalue weighted by Crippen LogP contribution is 2.41. The van der Waals surface area contributed by atoms with Crippen LogP contribution in [0.2, 0.25) is 0 Å². The van der Waals surface area contributed by atoms with Crippen molar-refractivity contribution in [2.75, 3.05) is 6.61 Å². The summed E-state index contributed by atoms with van der Waals surface area (Å²) in [5.74, 6) is -1.26. The summed E-state index contributed by atoms with van der Waals surface area (Å²) < 4.78 is 22.7. The van der Waals surface area contributed by atoms with Crippen LogP contribution in [0.15, 0.2) is 17.1 Å². The second-order valence-electron chi connectivity index (χ2n) is 13.6. The number of nitrogens with zero attached hydrogens (tertiary/aromatic N) is 2. The zero-order valence-corrected chi connectivity index (χ0v) is 26.8. The number of aliphatic hydroxyl groups excluding tert-OH is 1. The Morgan fingerprint density at radius 2 is 1.91 bits per heavy atom. The lowest BCUT2D eigenvalue weighted by Crippen LogP contribution is -2.51. The molecule has 1 aromatic rings. The third kappa shape index (κ3) is 9.04. The molecule has 0 unspecified atom stereocenters. The molecule has 1 saturated carbocycles. The Labute approximate surface area is 263 Å². The van der Waals surface area contributed by atoms with E-state index in [1.165, 1.54) is 12.1 Å². The maximum atomic E-state index is 13.3. The van der Waals surface area contributed by atoms with E-state index < -0.39 is 65.6 Å². The Balaban J connectivity index is 1.86. The SMILES string of the molecule is CC(C)(C)OC(=O)N[C@@H](C(=O)OC[C@H]1O[C@@](C#N)(c2ccc(C(N)=NC=N)[nH]2)[C@H](O)[C@@H]1OC(=O)CC1CCCCC1)C(C)(C)C. The van der Waals surface area contributed by atoms with Crippen molar-refractivity contribution in [2.45, 2.75) is 116 Å². The van der Waals surface area contributed by atoms with Crippen molar-refractivity contribution in [2.24, 2.45) is 22.1 Å². The van der Waals surface area contributed by atoms with Gasteiger partial charge in [0.25, 0.3) is 0 Å². The van der Waals surface area contributed by atoms with Crippen LogP contribution in [0.1, 0.15) is 91.5 Å². The van der Waals surface area contributed by atoms with E-state index in [-0.39, 0.29) is 29.6 Å². The van der Waals surface area contributed by atoms with Crippen LogP contribution in [-0.2, 0) is 34.1 Å². The van der Waals surface area contributed by atoms with Crippen molar-refractivity contribution in [3.8, 4) is 6.07 Å². The first-order valence-electron chi connectivity index (χ1n) is 15.2. The second kappa shape index (κ2) is 14.4. The number of carbonyl (C=O) groups excluding carboxylic acids is 3. The Bertz CT molecular complexity index is 1300. The van der Waals surface area contributed by atoms with Gasteiger partial charge in [-0.25, -0.2) is 14.6 Å². The van der Waals surface area contributed by atoms with Crippen LogP contribution in [0.3, 0.4) is 0 Å².